The number of halogens is 4. The Balaban J connectivity index is 0.000000218. The Morgan fingerprint density at radius 1 is 0.684 bits per heavy atom. The zero-order valence-corrected chi connectivity index (χ0v) is 35.8. The van der Waals surface area contributed by atoms with Crippen LogP contribution in [0, 0.1) is 45.6 Å². The predicted octanol–water partition coefficient (Wildman–Crippen LogP) is 12.3. The highest BCUT2D eigenvalue weighted by atomic mass is 79.9. The number of amides is 2. The van der Waals surface area contributed by atoms with Gasteiger partial charge in [-0.1, -0.05) is 80.4 Å². The van der Waals surface area contributed by atoms with Crippen LogP contribution in [-0.4, -0.2) is 35.1 Å². The van der Waals surface area contributed by atoms with Crippen molar-refractivity contribution in [2.45, 2.75) is 83.6 Å². The molecule has 2 aliphatic heterocycles. The van der Waals surface area contributed by atoms with Crippen LogP contribution in [0.2, 0.25) is 0 Å². The van der Waals surface area contributed by atoms with E-state index in [4.69, 9.17) is 9.47 Å². The summed E-state index contributed by atoms with van der Waals surface area (Å²) in [5.74, 6) is -0.996. The van der Waals surface area contributed by atoms with Gasteiger partial charge in [0.05, 0.1) is 29.6 Å². The van der Waals surface area contributed by atoms with Crippen LogP contribution in [0.1, 0.15) is 94.6 Å². The Hall–Kier alpha value is -4.78. The second-order valence-corrected chi connectivity index (χ2v) is 17.3. The number of carbonyl (C=O) groups excluding carboxylic acids is 2. The van der Waals surface area contributed by atoms with Gasteiger partial charge in [0.2, 0.25) is 0 Å². The molecule has 2 heterocycles. The van der Waals surface area contributed by atoms with Crippen molar-refractivity contribution in [2.75, 3.05) is 13.1 Å². The zero-order valence-electron chi connectivity index (χ0n) is 32.6. The average molecular weight is 905 g/mol. The molecule has 57 heavy (non-hydrogen) atoms. The first-order valence-corrected chi connectivity index (χ1v) is 20.4. The van der Waals surface area contributed by atoms with Crippen LogP contribution >= 0.6 is 31.9 Å². The smallest absolute Gasteiger partial charge is 0.411 e. The number of nitriles is 2. The first kappa shape index (κ1) is 43.3. The molecule has 8 nitrogen and oxygen atoms in total. The molecule has 0 bridgehead atoms. The third-order valence-electron chi connectivity index (χ3n) is 10.8. The number of ether oxygens (including phenoxy) is 2. The number of hydrogen-bond acceptors (Lipinski definition) is 6. The van der Waals surface area contributed by atoms with Crippen LogP contribution in [0.25, 0.3) is 0 Å². The van der Waals surface area contributed by atoms with E-state index in [-0.39, 0.29) is 29.6 Å². The van der Waals surface area contributed by atoms with Crippen LogP contribution < -0.4 is 0 Å². The monoisotopic (exact) mass is 902 g/mol. The van der Waals surface area contributed by atoms with E-state index in [1.54, 1.807) is 41.0 Å². The third-order valence-corrected chi connectivity index (χ3v) is 11.9. The van der Waals surface area contributed by atoms with E-state index < -0.39 is 28.8 Å². The van der Waals surface area contributed by atoms with Crippen LogP contribution in [-0.2, 0) is 20.7 Å². The molecule has 0 radical (unpaired) electrons. The summed E-state index contributed by atoms with van der Waals surface area (Å²) in [5, 5.41) is 18.8. The summed E-state index contributed by atoms with van der Waals surface area (Å²) >= 11 is 6.84. The summed E-state index contributed by atoms with van der Waals surface area (Å²) in [5.41, 5.74) is 0.882. The van der Waals surface area contributed by atoms with Crippen molar-refractivity contribution in [3.8, 4) is 12.1 Å². The molecule has 2 aliphatic rings. The minimum absolute atomic E-state index is 0.139. The van der Waals surface area contributed by atoms with Crippen molar-refractivity contribution < 1.29 is 27.8 Å². The molecular weight excluding hydrogens is 858 g/mol. The third kappa shape index (κ3) is 10.4. The minimum atomic E-state index is -0.958. The van der Waals surface area contributed by atoms with E-state index in [0.717, 1.165) is 25.6 Å². The Labute approximate surface area is 350 Å². The van der Waals surface area contributed by atoms with Crippen molar-refractivity contribution in [2.24, 2.45) is 11.3 Å². The first-order chi connectivity index (χ1) is 27.0. The number of hydrogen-bond donors (Lipinski definition) is 0. The van der Waals surface area contributed by atoms with Crippen molar-refractivity contribution in [1.82, 2.24) is 9.80 Å². The number of carbonyl (C=O) groups is 2. The van der Waals surface area contributed by atoms with Gasteiger partial charge in [-0.25, -0.2) is 18.4 Å². The fourth-order valence-corrected chi connectivity index (χ4v) is 8.11. The molecule has 4 aromatic carbocycles. The topological polar surface area (TPSA) is 107 Å². The highest BCUT2D eigenvalue weighted by molar-refractivity contribution is 9.10. The summed E-state index contributed by atoms with van der Waals surface area (Å²) < 4.78 is 40.8. The molecular formula is C45H46Br2F2N4O4. The SMILES string of the molecule is CC(C#N)C[C@]1(c2ccc(F)cc2)CCN([C@@H](C)c2ccc(Br)cc2)C(=O)O1.C[C@@H](c1ccc(Br)cc1)N1CC[C@](CC(C)(C)C#N)(c2ccc(F)cc2)OC1=O. The van der Waals surface area contributed by atoms with Crippen LogP contribution in [0.4, 0.5) is 18.4 Å². The highest BCUT2D eigenvalue weighted by Crippen LogP contribution is 2.45. The molecule has 2 amide bonds. The molecule has 0 saturated carbocycles. The Morgan fingerprint density at radius 3 is 1.46 bits per heavy atom. The summed E-state index contributed by atoms with van der Waals surface area (Å²) in [7, 11) is 0. The quantitative estimate of drug-likeness (QED) is 0.157. The lowest BCUT2D eigenvalue weighted by Gasteiger charge is -2.45. The van der Waals surface area contributed by atoms with Gasteiger partial charge in [0, 0.05) is 53.6 Å². The van der Waals surface area contributed by atoms with Crippen LogP contribution in [0.5, 0.6) is 0 Å². The van der Waals surface area contributed by atoms with Gasteiger partial charge in [-0.05, 0) is 105 Å². The van der Waals surface area contributed by atoms with Gasteiger partial charge in [0.25, 0.3) is 0 Å². The fourth-order valence-electron chi connectivity index (χ4n) is 7.58. The lowest BCUT2D eigenvalue weighted by Crippen LogP contribution is -2.50. The number of nitrogens with zero attached hydrogens (tertiary/aromatic N) is 4. The molecule has 6 rings (SSSR count). The van der Waals surface area contributed by atoms with Gasteiger partial charge in [-0.15, -0.1) is 0 Å². The molecule has 5 atom stereocenters. The number of cyclic esters (lactones) is 2. The Kier molecular flexibility index (Phi) is 13.8. The van der Waals surface area contributed by atoms with Crippen LogP contribution in [0.15, 0.2) is 106 Å². The van der Waals surface area contributed by atoms with Gasteiger partial charge < -0.3 is 19.3 Å². The number of benzene rings is 4. The maximum atomic E-state index is 13.5. The lowest BCUT2D eigenvalue weighted by atomic mass is 9.75. The van der Waals surface area contributed by atoms with Crippen molar-refractivity contribution in [3.63, 3.8) is 0 Å². The maximum absolute atomic E-state index is 13.5. The standard InChI is InChI=1S/C23H24BrFN2O2.C22H22BrFN2O2/c1-16(17-4-8-19(24)9-5-17)27-13-12-23(29-21(27)28,14-22(2,3)15-26)18-6-10-20(25)11-7-18;1-15(14-25)13-22(18-5-9-20(24)10-6-18)11-12-26(21(27)28-22)16(2)17-3-7-19(23)8-4-17/h4-11,16H,12-14H2,1-3H3;3-10,15-16H,11-13H2,1-2H3/t16-,23-;15?,16-,22-/m00/s1. The molecule has 12 heteroatoms. The molecule has 2 saturated heterocycles. The van der Waals surface area contributed by atoms with E-state index in [2.05, 4.69) is 44.0 Å². The number of rotatable bonds is 10. The summed E-state index contributed by atoms with van der Waals surface area (Å²) in [4.78, 5) is 29.4. The summed E-state index contributed by atoms with van der Waals surface area (Å²) in [6.07, 6.45) is 0.935. The van der Waals surface area contributed by atoms with E-state index in [1.807, 2.05) is 76.2 Å². The molecule has 0 aliphatic carbocycles. The van der Waals surface area contributed by atoms with Crippen molar-refractivity contribution in [3.05, 3.63) is 140 Å². The van der Waals surface area contributed by atoms with Gasteiger partial charge >= 0.3 is 12.2 Å². The highest BCUT2D eigenvalue weighted by Gasteiger charge is 2.47. The molecule has 1 unspecified atom stereocenters. The van der Waals surface area contributed by atoms with Crippen LogP contribution in [0.3, 0.4) is 0 Å². The normalized spacial score (nSPS) is 21.1. The van der Waals surface area contributed by atoms with Gasteiger partial charge in [0.1, 0.15) is 22.8 Å². The first-order valence-electron chi connectivity index (χ1n) is 18.8. The summed E-state index contributed by atoms with van der Waals surface area (Å²) in [6, 6.07) is 31.9. The largest absolute Gasteiger partial charge is 0.438 e. The van der Waals surface area contributed by atoms with Gasteiger partial charge in [-0.2, -0.15) is 10.5 Å². The van der Waals surface area contributed by atoms with E-state index in [1.165, 1.54) is 24.3 Å². The van der Waals surface area contributed by atoms with E-state index in [9.17, 15) is 28.9 Å². The second kappa shape index (κ2) is 18.2. The van der Waals surface area contributed by atoms with Gasteiger partial charge in [-0.3, -0.25) is 0 Å². The molecule has 2 fully saturated rings. The predicted molar refractivity (Wildman–Crippen MR) is 220 cm³/mol. The summed E-state index contributed by atoms with van der Waals surface area (Å²) in [6.45, 7) is 10.4. The molecule has 0 aromatic heterocycles. The van der Waals surface area contributed by atoms with Gasteiger partial charge in [0.15, 0.2) is 0 Å². The maximum Gasteiger partial charge on any atom is 0.411 e. The molecule has 298 valence electrons. The Morgan fingerprint density at radius 2 is 1.07 bits per heavy atom. The van der Waals surface area contributed by atoms with E-state index >= 15 is 0 Å². The van der Waals surface area contributed by atoms with Crippen molar-refractivity contribution >= 4 is 44.0 Å². The molecule has 0 N–H and O–H groups in total. The fraction of sp³-hybridized carbons (Fsp3) is 0.378. The Bertz CT molecular complexity index is 2100. The molecule has 4 aromatic rings. The lowest BCUT2D eigenvalue weighted by molar-refractivity contribution is -0.0771. The molecule has 0 spiro atoms. The average Bonchev–Trinajstić information content (AvgIpc) is 3.18. The van der Waals surface area contributed by atoms with E-state index in [0.29, 0.717) is 44.3 Å². The zero-order chi connectivity index (χ0) is 41.5. The second-order valence-electron chi connectivity index (χ2n) is 15.5. The minimum Gasteiger partial charge on any atom is -0.438 e. The van der Waals surface area contributed by atoms with Crippen molar-refractivity contribution in [1.29, 1.82) is 10.5 Å².